The zero-order valence-corrected chi connectivity index (χ0v) is 11.9. The van der Waals surface area contributed by atoms with E-state index in [2.05, 4.69) is 37.3 Å². The maximum Gasteiger partial charge on any atom is 0.115 e. The maximum absolute atomic E-state index is 12.9. The third kappa shape index (κ3) is 2.80. The molecule has 0 amide bonds. The van der Waals surface area contributed by atoms with Crippen LogP contribution < -0.4 is 0 Å². The fourth-order valence-corrected chi connectivity index (χ4v) is 2.63. The molecule has 0 atom stereocenters. The summed E-state index contributed by atoms with van der Waals surface area (Å²) in [5, 5.41) is 2.30. The van der Waals surface area contributed by atoms with Crippen LogP contribution in [0.3, 0.4) is 0 Å². The van der Waals surface area contributed by atoms with E-state index in [0.29, 0.717) is 11.1 Å². The largest absolute Gasteiger partial charge is 0.246 e. The highest BCUT2D eigenvalue weighted by Crippen LogP contribution is 2.27. The number of benzene rings is 3. The van der Waals surface area contributed by atoms with Crippen LogP contribution >= 0.6 is 0 Å². The van der Waals surface area contributed by atoms with Gasteiger partial charge in [-0.2, -0.15) is 0 Å². The van der Waals surface area contributed by atoms with Crippen molar-refractivity contribution in [2.24, 2.45) is 0 Å². The van der Waals surface area contributed by atoms with Gasteiger partial charge in [0.2, 0.25) is 0 Å². The molecule has 0 saturated carbocycles. The van der Waals surface area contributed by atoms with E-state index in [0.717, 1.165) is 16.5 Å². The predicted molar refractivity (Wildman–Crippen MR) is 83.7 cm³/mol. The Morgan fingerprint density at radius 2 is 1.29 bits per heavy atom. The highest BCUT2D eigenvalue weighted by molar-refractivity contribution is 5.88. The van der Waals surface area contributed by atoms with Crippen molar-refractivity contribution in [2.75, 3.05) is 0 Å². The van der Waals surface area contributed by atoms with Gasteiger partial charge >= 0.3 is 0 Å². The Morgan fingerprint density at radius 3 is 1.95 bits per heavy atom. The van der Waals surface area contributed by atoms with E-state index in [1.54, 1.807) is 18.2 Å². The first-order valence-corrected chi connectivity index (χ1v) is 6.95. The monoisotopic (exact) mass is 282 g/mol. The van der Waals surface area contributed by atoms with Crippen LogP contribution in [0.2, 0.25) is 0 Å². The van der Waals surface area contributed by atoms with Gasteiger partial charge < -0.3 is 0 Å². The number of hydrogen-bond donors (Lipinski definition) is 0. The van der Waals surface area contributed by atoms with Gasteiger partial charge in [0.05, 0.1) is 0 Å². The molecule has 2 heteroatoms. The third-order valence-electron chi connectivity index (χ3n) is 3.69. The van der Waals surface area contributed by atoms with Crippen molar-refractivity contribution in [3.05, 3.63) is 71.3 Å². The number of rotatable bonds is 3. The van der Waals surface area contributed by atoms with Crippen LogP contribution in [0.15, 0.2) is 54.6 Å². The highest BCUT2D eigenvalue weighted by Gasteiger charge is 2.05. The number of hydrogen-bond acceptors (Lipinski definition) is 0. The molecule has 0 bridgehead atoms. The summed E-state index contributed by atoms with van der Waals surface area (Å²) in [6, 6.07) is 17.5. The van der Waals surface area contributed by atoms with Gasteiger partial charge in [0.15, 0.2) is 0 Å². The first-order chi connectivity index (χ1) is 10.2. The van der Waals surface area contributed by atoms with E-state index in [1.165, 1.54) is 10.9 Å². The van der Waals surface area contributed by atoms with Crippen LogP contribution in [0.4, 0.5) is 8.78 Å². The lowest BCUT2D eigenvalue weighted by Crippen LogP contribution is -1.88. The molecule has 0 radical (unpaired) electrons. The quantitative estimate of drug-likeness (QED) is 0.573. The van der Waals surface area contributed by atoms with Gasteiger partial charge in [0, 0.05) is 0 Å². The maximum atomic E-state index is 12.9. The van der Waals surface area contributed by atoms with Crippen LogP contribution in [0, 0.1) is 6.92 Å². The second kappa shape index (κ2) is 5.65. The van der Waals surface area contributed by atoms with E-state index in [-0.39, 0.29) is 0 Å². The number of aryl methyl sites for hydroxylation is 1. The molecule has 0 aliphatic rings. The summed E-state index contributed by atoms with van der Waals surface area (Å²) in [7, 11) is 0. The molecule has 0 aromatic heterocycles. The van der Waals surface area contributed by atoms with E-state index < -0.39 is 13.3 Å². The number of fused-ring (bicyclic) bond motifs is 1. The average Bonchev–Trinajstić information content (AvgIpc) is 2.53. The zero-order valence-electron chi connectivity index (χ0n) is 11.9. The summed E-state index contributed by atoms with van der Waals surface area (Å²) in [5.74, 6) is 0. The summed E-state index contributed by atoms with van der Waals surface area (Å²) in [5.41, 5.74) is 4.10. The van der Waals surface area contributed by atoms with Crippen molar-refractivity contribution in [1.29, 1.82) is 0 Å². The van der Waals surface area contributed by atoms with Crippen LogP contribution in [-0.2, 0) is 13.3 Å². The van der Waals surface area contributed by atoms with Crippen LogP contribution in [-0.4, -0.2) is 0 Å². The van der Waals surface area contributed by atoms with Crippen molar-refractivity contribution >= 4 is 10.8 Å². The first-order valence-electron chi connectivity index (χ1n) is 6.95. The van der Waals surface area contributed by atoms with Crippen LogP contribution in [0.1, 0.15) is 16.7 Å². The highest BCUT2D eigenvalue weighted by atomic mass is 19.1. The van der Waals surface area contributed by atoms with E-state index in [1.807, 2.05) is 6.07 Å². The molecule has 0 fully saturated rings. The molecular formula is C19H16F2. The molecule has 0 aliphatic heterocycles. The smallest absolute Gasteiger partial charge is 0.115 e. The molecule has 0 saturated heterocycles. The molecule has 0 spiro atoms. The molecule has 3 aromatic rings. The molecule has 0 aliphatic carbocycles. The van der Waals surface area contributed by atoms with Gasteiger partial charge in [-0.05, 0) is 58.1 Å². The lowest BCUT2D eigenvalue weighted by molar-refractivity contribution is 0.475. The topological polar surface area (TPSA) is 0 Å². The summed E-state index contributed by atoms with van der Waals surface area (Å²) in [4.78, 5) is 0. The minimum Gasteiger partial charge on any atom is -0.246 e. The van der Waals surface area contributed by atoms with Gasteiger partial charge in [-0.3, -0.25) is 0 Å². The molecule has 21 heavy (non-hydrogen) atoms. The minimum atomic E-state index is -0.576. The van der Waals surface area contributed by atoms with Crippen molar-refractivity contribution in [3.63, 3.8) is 0 Å². The molecule has 106 valence electrons. The van der Waals surface area contributed by atoms with E-state index in [9.17, 15) is 8.78 Å². The lowest BCUT2D eigenvalue weighted by atomic mass is 9.97. The fourth-order valence-electron chi connectivity index (χ4n) is 2.63. The second-order valence-electron chi connectivity index (χ2n) is 5.37. The Bertz CT molecular complexity index is 768. The van der Waals surface area contributed by atoms with Gasteiger partial charge in [0.25, 0.3) is 0 Å². The van der Waals surface area contributed by atoms with Crippen LogP contribution in [0.5, 0.6) is 0 Å². The Hall–Kier alpha value is -2.22. The summed E-state index contributed by atoms with van der Waals surface area (Å²) >= 11 is 0. The Balaban J connectivity index is 2.13. The van der Waals surface area contributed by atoms with Gasteiger partial charge in [-0.25, -0.2) is 8.78 Å². The van der Waals surface area contributed by atoms with Gasteiger partial charge in [-0.1, -0.05) is 42.0 Å². The Morgan fingerprint density at radius 1 is 0.667 bits per heavy atom. The first kappa shape index (κ1) is 13.7. The molecule has 3 aromatic carbocycles. The van der Waals surface area contributed by atoms with E-state index in [4.69, 9.17) is 0 Å². The fraction of sp³-hybridized carbons (Fsp3) is 0.158. The normalized spacial score (nSPS) is 11.0. The molecule has 0 nitrogen and oxygen atoms in total. The summed E-state index contributed by atoms with van der Waals surface area (Å²) < 4.78 is 25.8. The molecule has 0 unspecified atom stereocenters. The molecule has 0 N–H and O–H groups in total. The molecule has 0 heterocycles. The van der Waals surface area contributed by atoms with Crippen molar-refractivity contribution < 1.29 is 8.78 Å². The molecular weight excluding hydrogens is 266 g/mol. The Kier molecular flexibility index (Phi) is 3.70. The van der Waals surface area contributed by atoms with E-state index >= 15 is 0 Å². The predicted octanol–water partition coefficient (Wildman–Crippen LogP) is 5.75. The number of alkyl halides is 2. The zero-order chi connectivity index (χ0) is 14.8. The Labute approximate surface area is 123 Å². The average molecular weight is 282 g/mol. The number of halogens is 2. The second-order valence-corrected chi connectivity index (χ2v) is 5.37. The van der Waals surface area contributed by atoms with Crippen molar-refractivity contribution in [2.45, 2.75) is 20.3 Å². The molecule has 3 rings (SSSR count). The van der Waals surface area contributed by atoms with Crippen molar-refractivity contribution in [3.8, 4) is 11.1 Å². The standard InChI is InChI=1S/C19H16F2/c1-13-2-3-17-10-18(5-4-16(17)6-13)19-8-14(11-20)7-15(9-19)12-21/h2-10H,11-12H2,1H3. The summed E-state index contributed by atoms with van der Waals surface area (Å²) in [6.07, 6.45) is 0. The van der Waals surface area contributed by atoms with Crippen LogP contribution in [0.25, 0.3) is 21.9 Å². The lowest BCUT2D eigenvalue weighted by Gasteiger charge is -2.08. The summed E-state index contributed by atoms with van der Waals surface area (Å²) in [6.45, 7) is 0.910. The minimum absolute atomic E-state index is 0.518. The van der Waals surface area contributed by atoms with Crippen molar-refractivity contribution in [1.82, 2.24) is 0 Å². The van der Waals surface area contributed by atoms with Gasteiger partial charge in [-0.15, -0.1) is 0 Å². The SMILES string of the molecule is Cc1ccc2cc(-c3cc(CF)cc(CF)c3)ccc2c1. The third-order valence-corrected chi connectivity index (χ3v) is 3.69. The van der Waals surface area contributed by atoms with Gasteiger partial charge in [0.1, 0.15) is 13.3 Å².